The van der Waals surface area contributed by atoms with E-state index in [0.717, 1.165) is 37.9 Å². The second kappa shape index (κ2) is 6.48. The lowest BCUT2D eigenvalue weighted by molar-refractivity contribution is -0.133. The maximum Gasteiger partial charge on any atom is 0.234 e. The highest BCUT2D eigenvalue weighted by atomic mass is 16.2. The largest absolute Gasteiger partial charge is 0.356 e. The van der Waals surface area contributed by atoms with Gasteiger partial charge in [-0.3, -0.25) is 14.5 Å². The van der Waals surface area contributed by atoms with E-state index >= 15 is 0 Å². The van der Waals surface area contributed by atoms with Crippen LogP contribution in [0.3, 0.4) is 0 Å². The number of likely N-dealkylation sites (tertiary alicyclic amines) is 1. The third kappa shape index (κ3) is 3.30. The monoisotopic (exact) mass is 301 g/mol. The van der Waals surface area contributed by atoms with Gasteiger partial charge in [0.25, 0.3) is 0 Å². The van der Waals surface area contributed by atoms with Gasteiger partial charge in [0, 0.05) is 19.6 Å². The molecule has 0 bridgehead atoms. The van der Waals surface area contributed by atoms with Gasteiger partial charge in [-0.15, -0.1) is 0 Å². The van der Waals surface area contributed by atoms with E-state index < -0.39 is 0 Å². The van der Waals surface area contributed by atoms with E-state index in [4.69, 9.17) is 0 Å². The van der Waals surface area contributed by atoms with Gasteiger partial charge in [0.15, 0.2) is 0 Å². The maximum atomic E-state index is 12.1. The summed E-state index contributed by atoms with van der Waals surface area (Å²) < 4.78 is 0. The molecule has 118 valence electrons. The van der Waals surface area contributed by atoms with Crippen molar-refractivity contribution in [2.45, 2.75) is 25.8 Å². The summed E-state index contributed by atoms with van der Waals surface area (Å²) in [4.78, 5) is 26.3. The molecule has 2 N–H and O–H groups in total. The number of amides is 2. The summed E-state index contributed by atoms with van der Waals surface area (Å²) in [5.74, 6) is 0.197. The number of carbonyl (C=O) groups is 2. The molecule has 5 nitrogen and oxygen atoms in total. The zero-order chi connectivity index (χ0) is 15.4. The van der Waals surface area contributed by atoms with Crippen molar-refractivity contribution in [2.75, 3.05) is 26.2 Å². The van der Waals surface area contributed by atoms with Crippen LogP contribution >= 0.6 is 0 Å². The van der Waals surface area contributed by atoms with Gasteiger partial charge < -0.3 is 10.6 Å². The number of piperidine rings is 1. The van der Waals surface area contributed by atoms with Crippen LogP contribution in [0.2, 0.25) is 0 Å². The van der Waals surface area contributed by atoms with Gasteiger partial charge in [0.05, 0.1) is 12.0 Å². The standard InChI is InChI=1S/C17H23N3O2/c21-15(19-11-14-5-2-1-3-6-14)12-20-10-8-17(13-20)7-4-9-18-16(17)22/h1-3,5-6H,4,7-13H2,(H,18,22)(H,19,21). The zero-order valence-electron chi connectivity index (χ0n) is 12.8. The Labute approximate surface area is 131 Å². The minimum atomic E-state index is -0.252. The van der Waals surface area contributed by atoms with Crippen LogP contribution in [0.5, 0.6) is 0 Å². The topological polar surface area (TPSA) is 61.4 Å². The predicted molar refractivity (Wildman–Crippen MR) is 84.0 cm³/mol. The average Bonchev–Trinajstić information content (AvgIpc) is 2.93. The minimum Gasteiger partial charge on any atom is -0.356 e. The average molecular weight is 301 g/mol. The Kier molecular flexibility index (Phi) is 4.43. The highest BCUT2D eigenvalue weighted by Gasteiger charge is 2.45. The maximum absolute atomic E-state index is 12.1. The molecular formula is C17H23N3O2. The van der Waals surface area contributed by atoms with E-state index in [1.165, 1.54) is 0 Å². The number of benzene rings is 1. The summed E-state index contributed by atoms with van der Waals surface area (Å²) in [5.41, 5.74) is 0.846. The molecule has 1 spiro atoms. The van der Waals surface area contributed by atoms with Gasteiger partial charge in [-0.25, -0.2) is 0 Å². The van der Waals surface area contributed by atoms with Crippen LogP contribution in [0.1, 0.15) is 24.8 Å². The molecule has 0 saturated carbocycles. The SMILES string of the molecule is O=C(CN1CCC2(CCCNC2=O)C1)NCc1ccccc1. The molecule has 2 fully saturated rings. The summed E-state index contributed by atoms with van der Waals surface area (Å²) in [5, 5.41) is 5.92. The molecule has 0 aliphatic carbocycles. The first-order valence-corrected chi connectivity index (χ1v) is 7.99. The summed E-state index contributed by atoms with van der Waals surface area (Å²) in [6.45, 7) is 3.25. The summed E-state index contributed by atoms with van der Waals surface area (Å²) in [6, 6.07) is 9.89. The Bertz CT molecular complexity index is 546. The lowest BCUT2D eigenvalue weighted by Crippen LogP contribution is -2.48. The van der Waals surface area contributed by atoms with Crippen LogP contribution in [0.25, 0.3) is 0 Å². The summed E-state index contributed by atoms with van der Waals surface area (Å²) in [6.07, 6.45) is 2.85. The Morgan fingerprint density at radius 2 is 2.09 bits per heavy atom. The molecule has 5 heteroatoms. The smallest absolute Gasteiger partial charge is 0.234 e. The van der Waals surface area contributed by atoms with Crippen LogP contribution in [-0.2, 0) is 16.1 Å². The number of nitrogens with zero attached hydrogens (tertiary/aromatic N) is 1. The van der Waals surface area contributed by atoms with Gasteiger partial charge in [-0.05, 0) is 31.4 Å². The third-order valence-corrected chi connectivity index (χ3v) is 4.73. The van der Waals surface area contributed by atoms with Crippen LogP contribution in [-0.4, -0.2) is 42.9 Å². The second-order valence-corrected chi connectivity index (χ2v) is 6.36. The Hall–Kier alpha value is -1.88. The molecule has 0 radical (unpaired) electrons. The molecule has 2 saturated heterocycles. The first-order valence-electron chi connectivity index (χ1n) is 7.99. The Morgan fingerprint density at radius 3 is 2.86 bits per heavy atom. The normalized spacial score (nSPS) is 25.2. The van der Waals surface area contributed by atoms with Crippen molar-refractivity contribution >= 4 is 11.8 Å². The predicted octanol–water partition coefficient (Wildman–Crippen LogP) is 0.905. The number of rotatable bonds is 4. The van der Waals surface area contributed by atoms with Gasteiger partial charge in [-0.2, -0.15) is 0 Å². The zero-order valence-corrected chi connectivity index (χ0v) is 12.8. The molecule has 1 atom stereocenters. The minimum absolute atomic E-state index is 0.0251. The fraction of sp³-hybridized carbons (Fsp3) is 0.529. The quantitative estimate of drug-likeness (QED) is 0.869. The molecular weight excluding hydrogens is 278 g/mol. The lowest BCUT2D eigenvalue weighted by Gasteiger charge is -2.32. The molecule has 1 unspecified atom stereocenters. The molecule has 1 aromatic rings. The third-order valence-electron chi connectivity index (χ3n) is 4.73. The van der Waals surface area contributed by atoms with E-state index in [1.807, 2.05) is 30.3 Å². The van der Waals surface area contributed by atoms with Gasteiger partial charge in [0.1, 0.15) is 0 Å². The van der Waals surface area contributed by atoms with Crippen molar-refractivity contribution in [3.63, 3.8) is 0 Å². The summed E-state index contributed by atoms with van der Waals surface area (Å²) in [7, 11) is 0. The van der Waals surface area contributed by atoms with Crippen LogP contribution < -0.4 is 10.6 Å². The Balaban J connectivity index is 1.47. The van der Waals surface area contributed by atoms with Gasteiger partial charge >= 0.3 is 0 Å². The highest BCUT2D eigenvalue weighted by Crippen LogP contribution is 2.37. The second-order valence-electron chi connectivity index (χ2n) is 6.36. The van der Waals surface area contributed by atoms with Gasteiger partial charge in [-0.1, -0.05) is 30.3 Å². The van der Waals surface area contributed by atoms with Crippen molar-refractivity contribution in [2.24, 2.45) is 5.41 Å². The number of hydrogen-bond acceptors (Lipinski definition) is 3. The molecule has 2 heterocycles. The van der Waals surface area contributed by atoms with Crippen LogP contribution in [0.15, 0.2) is 30.3 Å². The number of carbonyl (C=O) groups excluding carboxylic acids is 2. The van der Waals surface area contributed by atoms with Crippen molar-refractivity contribution in [1.29, 1.82) is 0 Å². The number of nitrogens with one attached hydrogen (secondary N) is 2. The molecule has 2 aliphatic heterocycles. The lowest BCUT2D eigenvalue weighted by atomic mass is 9.79. The Morgan fingerprint density at radius 1 is 1.27 bits per heavy atom. The van der Waals surface area contributed by atoms with Crippen molar-refractivity contribution in [3.05, 3.63) is 35.9 Å². The van der Waals surface area contributed by atoms with E-state index in [1.54, 1.807) is 0 Å². The van der Waals surface area contributed by atoms with Crippen LogP contribution in [0, 0.1) is 5.41 Å². The number of hydrogen-bond donors (Lipinski definition) is 2. The molecule has 3 rings (SSSR count). The fourth-order valence-corrected chi connectivity index (χ4v) is 3.47. The molecule has 0 aromatic heterocycles. The molecule has 2 amide bonds. The van der Waals surface area contributed by atoms with Crippen LogP contribution in [0.4, 0.5) is 0 Å². The van der Waals surface area contributed by atoms with E-state index in [9.17, 15) is 9.59 Å². The fourth-order valence-electron chi connectivity index (χ4n) is 3.47. The van der Waals surface area contributed by atoms with Crippen molar-refractivity contribution in [1.82, 2.24) is 15.5 Å². The molecule has 22 heavy (non-hydrogen) atoms. The first kappa shape index (κ1) is 15.0. The van der Waals surface area contributed by atoms with E-state index in [2.05, 4.69) is 15.5 Å². The molecule has 2 aliphatic rings. The van der Waals surface area contributed by atoms with E-state index in [-0.39, 0.29) is 17.2 Å². The van der Waals surface area contributed by atoms with Gasteiger partial charge in [0.2, 0.25) is 11.8 Å². The van der Waals surface area contributed by atoms with E-state index in [0.29, 0.717) is 19.6 Å². The van der Waals surface area contributed by atoms with Crippen molar-refractivity contribution in [3.8, 4) is 0 Å². The highest BCUT2D eigenvalue weighted by molar-refractivity contribution is 5.84. The summed E-state index contributed by atoms with van der Waals surface area (Å²) >= 11 is 0. The molecule has 1 aromatic carbocycles. The van der Waals surface area contributed by atoms with Crippen molar-refractivity contribution < 1.29 is 9.59 Å². The first-order chi connectivity index (χ1) is 10.7.